The fourth-order valence-electron chi connectivity index (χ4n) is 4.09. The Kier molecular flexibility index (Phi) is 8.79. The second kappa shape index (κ2) is 11.8. The highest BCUT2D eigenvalue weighted by molar-refractivity contribution is 5.96. The van der Waals surface area contributed by atoms with Gasteiger partial charge in [0, 0.05) is 45.3 Å². The minimum atomic E-state index is -0.0439. The number of carbonyl (C=O) groups excluding carboxylic acids is 2. The van der Waals surface area contributed by atoms with Gasteiger partial charge >= 0.3 is 0 Å². The minimum Gasteiger partial charge on any atom is -0.356 e. The van der Waals surface area contributed by atoms with E-state index in [9.17, 15) is 9.59 Å². The Labute approximate surface area is 200 Å². The van der Waals surface area contributed by atoms with Crippen LogP contribution < -0.4 is 10.6 Å². The number of aryl methyl sites for hydroxylation is 1. The standard InChI is InChI=1S/C24H30N6O2.ClH/c1-29-22-14-19(16-27-21(22)17-28-29)24(32)30-12-6-5-10-26-23(31)15-20(25-11-7-13-30)18-8-3-2-4-9-18;/h2-4,8-9,14,16-17,20,25H,5-7,10-13,15H2,1H3,(H,26,31);1H. The van der Waals surface area contributed by atoms with Gasteiger partial charge in [-0.3, -0.25) is 19.3 Å². The van der Waals surface area contributed by atoms with Gasteiger partial charge in [-0.2, -0.15) is 5.10 Å². The minimum absolute atomic E-state index is 0. The smallest absolute Gasteiger partial charge is 0.255 e. The summed E-state index contributed by atoms with van der Waals surface area (Å²) in [4.78, 5) is 32.0. The van der Waals surface area contributed by atoms with E-state index in [1.54, 1.807) is 17.1 Å². The molecule has 8 nitrogen and oxygen atoms in total. The maximum absolute atomic E-state index is 13.3. The number of amides is 2. The summed E-state index contributed by atoms with van der Waals surface area (Å²) in [7, 11) is 1.85. The van der Waals surface area contributed by atoms with E-state index in [0.717, 1.165) is 42.4 Å². The van der Waals surface area contributed by atoms with Gasteiger partial charge in [-0.05, 0) is 37.4 Å². The van der Waals surface area contributed by atoms with Gasteiger partial charge in [-0.15, -0.1) is 12.4 Å². The van der Waals surface area contributed by atoms with E-state index < -0.39 is 0 Å². The van der Waals surface area contributed by atoms with Crippen molar-refractivity contribution in [1.29, 1.82) is 0 Å². The van der Waals surface area contributed by atoms with Crippen LogP contribution in [0.5, 0.6) is 0 Å². The van der Waals surface area contributed by atoms with Crippen molar-refractivity contribution in [2.75, 3.05) is 26.2 Å². The Bertz CT molecular complexity index is 1070. The SMILES string of the molecule is Cl.Cn1ncc2ncc(C(=O)N3CCCCNC(=O)CC(c4ccccc4)NCCC3)cc21. The van der Waals surface area contributed by atoms with Crippen molar-refractivity contribution in [2.24, 2.45) is 7.05 Å². The maximum Gasteiger partial charge on any atom is 0.255 e. The molecule has 0 bridgehead atoms. The number of halogens is 1. The predicted octanol–water partition coefficient (Wildman–Crippen LogP) is 2.85. The zero-order valence-electron chi connectivity index (χ0n) is 18.9. The van der Waals surface area contributed by atoms with Gasteiger partial charge < -0.3 is 15.5 Å². The van der Waals surface area contributed by atoms with Crippen LogP contribution in [0.1, 0.15) is 47.6 Å². The zero-order chi connectivity index (χ0) is 22.3. The normalized spacial score (nSPS) is 18.4. The first-order chi connectivity index (χ1) is 15.6. The highest BCUT2D eigenvalue weighted by Crippen LogP contribution is 2.18. The summed E-state index contributed by atoms with van der Waals surface area (Å²) >= 11 is 0. The summed E-state index contributed by atoms with van der Waals surface area (Å²) < 4.78 is 1.73. The van der Waals surface area contributed by atoms with E-state index in [0.29, 0.717) is 31.6 Å². The number of hydrogen-bond acceptors (Lipinski definition) is 5. The Morgan fingerprint density at radius 3 is 2.67 bits per heavy atom. The van der Waals surface area contributed by atoms with Crippen LogP contribution in [0.25, 0.3) is 11.0 Å². The van der Waals surface area contributed by atoms with Crippen LogP contribution in [0.15, 0.2) is 48.8 Å². The molecule has 0 radical (unpaired) electrons. The molecule has 2 aromatic heterocycles. The average molecular weight is 471 g/mol. The largest absolute Gasteiger partial charge is 0.356 e. The van der Waals surface area contributed by atoms with Gasteiger partial charge in [-0.1, -0.05) is 30.3 Å². The quantitative estimate of drug-likeness (QED) is 0.600. The molecule has 3 aromatic rings. The molecule has 9 heteroatoms. The molecule has 0 saturated carbocycles. The van der Waals surface area contributed by atoms with Gasteiger partial charge in [0.25, 0.3) is 5.91 Å². The van der Waals surface area contributed by atoms with E-state index in [-0.39, 0.29) is 30.3 Å². The van der Waals surface area contributed by atoms with E-state index in [1.165, 1.54) is 0 Å². The molecule has 2 N–H and O–H groups in total. The van der Waals surface area contributed by atoms with Crippen LogP contribution in [0.4, 0.5) is 0 Å². The molecule has 176 valence electrons. The maximum atomic E-state index is 13.3. The zero-order valence-corrected chi connectivity index (χ0v) is 19.7. The van der Waals surface area contributed by atoms with E-state index in [1.807, 2.05) is 48.3 Å². The summed E-state index contributed by atoms with van der Waals surface area (Å²) in [5.74, 6) is 0.0354. The van der Waals surface area contributed by atoms with Crippen molar-refractivity contribution in [1.82, 2.24) is 30.3 Å². The lowest BCUT2D eigenvalue weighted by Gasteiger charge is -2.23. The molecule has 3 heterocycles. The lowest BCUT2D eigenvalue weighted by atomic mass is 10.0. The van der Waals surface area contributed by atoms with Crippen molar-refractivity contribution in [2.45, 2.75) is 31.7 Å². The third-order valence-corrected chi connectivity index (χ3v) is 5.90. The molecule has 1 unspecified atom stereocenters. The van der Waals surface area contributed by atoms with Crippen LogP contribution in [0.3, 0.4) is 0 Å². The molecule has 0 aliphatic carbocycles. The number of nitrogens with zero attached hydrogens (tertiary/aromatic N) is 4. The third-order valence-electron chi connectivity index (χ3n) is 5.90. The molecule has 2 amide bonds. The molecule has 1 aliphatic rings. The molecule has 1 aromatic carbocycles. The molecule has 1 fully saturated rings. The van der Waals surface area contributed by atoms with E-state index in [2.05, 4.69) is 20.7 Å². The number of nitrogens with one attached hydrogen (secondary N) is 2. The first-order valence-electron chi connectivity index (χ1n) is 11.2. The van der Waals surface area contributed by atoms with Crippen molar-refractivity contribution in [3.8, 4) is 0 Å². The van der Waals surface area contributed by atoms with Gasteiger partial charge in [0.05, 0.1) is 17.3 Å². The van der Waals surface area contributed by atoms with Gasteiger partial charge in [0.15, 0.2) is 0 Å². The molecule has 1 atom stereocenters. The van der Waals surface area contributed by atoms with Crippen molar-refractivity contribution in [3.05, 3.63) is 59.9 Å². The summed E-state index contributed by atoms with van der Waals surface area (Å²) in [6, 6.07) is 11.9. The van der Waals surface area contributed by atoms with Crippen molar-refractivity contribution < 1.29 is 9.59 Å². The fraction of sp³-hybridized carbons (Fsp3) is 0.417. The number of pyridine rings is 1. The number of hydrogen-bond donors (Lipinski definition) is 2. The van der Waals surface area contributed by atoms with Gasteiger partial charge in [-0.25, -0.2) is 0 Å². The van der Waals surface area contributed by atoms with Crippen LogP contribution >= 0.6 is 12.4 Å². The lowest BCUT2D eigenvalue weighted by Crippen LogP contribution is -2.35. The fourth-order valence-corrected chi connectivity index (χ4v) is 4.09. The third kappa shape index (κ3) is 6.30. The summed E-state index contributed by atoms with van der Waals surface area (Å²) in [6.07, 6.45) is 6.21. The highest BCUT2D eigenvalue weighted by Gasteiger charge is 2.19. The number of fused-ring (bicyclic) bond motifs is 1. The number of benzene rings is 1. The Balaban J connectivity index is 0.00000306. The van der Waals surface area contributed by atoms with Crippen LogP contribution in [-0.2, 0) is 11.8 Å². The molecule has 1 saturated heterocycles. The molecular formula is C24H31ClN6O2. The predicted molar refractivity (Wildman–Crippen MR) is 130 cm³/mol. The highest BCUT2D eigenvalue weighted by atomic mass is 35.5. The molecule has 0 spiro atoms. The van der Waals surface area contributed by atoms with Gasteiger partial charge in [0.2, 0.25) is 5.91 Å². The first kappa shape index (κ1) is 24.7. The summed E-state index contributed by atoms with van der Waals surface area (Å²) in [5.41, 5.74) is 3.30. The van der Waals surface area contributed by atoms with Gasteiger partial charge in [0.1, 0.15) is 5.52 Å². The van der Waals surface area contributed by atoms with Crippen molar-refractivity contribution in [3.63, 3.8) is 0 Å². The topological polar surface area (TPSA) is 92.2 Å². The van der Waals surface area contributed by atoms with E-state index in [4.69, 9.17) is 0 Å². The summed E-state index contributed by atoms with van der Waals surface area (Å²) in [5, 5.41) is 10.7. The molecule has 33 heavy (non-hydrogen) atoms. The average Bonchev–Trinajstić information content (AvgIpc) is 3.19. The van der Waals surface area contributed by atoms with Crippen LogP contribution in [-0.4, -0.2) is 57.7 Å². The van der Waals surface area contributed by atoms with E-state index >= 15 is 0 Å². The Morgan fingerprint density at radius 1 is 1.06 bits per heavy atom. The molecule has 1 aliphatic heterocycles. The second-order valence-corrected chi connectivity index (χ2v) is 8.22. The van der Waals surface area contributed by atoms with Crippen LogP contribution in [0, 0.1) is 0 Å². The monoisotopic (exact) mass is 470 g/mol. The Morgan fingerprint density at radius 2 is 1.85 bits per heavy atom. The second-order valence-electron chi connectivity index (χ2n) is 8.22. The number of rotatable bonds is 2. The number of carbonyl (C=O) groups is 2. The molecule has 4 rings (SSSR count). The Hall–Kier alpha value is -2.97. The summed E-state index contributed by atoms with van der Waals surface area (Å²) in [6.45, 7) is 2.64. The van der Waals surface area contributed by atoms with Crippen LogP contribution in [0.2, 0.25) is 0 Å². The van der Waals surface area contributed by atoms with Crippen molar-refractivity contribution >= 4 is 35.3 Å². The first-order valence-corrected chi connectivity index (χ1v) is 11.2. The molecular weight excluding hydrogens is 440 g/mol. The lowest BCUT2D eigenvalue weighted by molar-refractivity contribution is -0.121. The number of aromatic nitrogens is 3.